The van der Waals surface area contributed by atoms with Crippen molar-refractivity contribution in [3.8, 4) is 5.75 Å². The minimum Gasteiger partial charge on any atom is -0.497 e. The number of rotatable bonds is 10. The van der Waals surface area contributed by atoms with Crippen LogP contribution in [0.1, 0.15) is 27.6 Å². The van der Waals surface area contributed by atoms with E-state index in [9.17, 15) is 14.4 Å². The molecule has 2 heterocycles. The number of pyridine rings is 1. The van der Waals surface area contributed by atoms with Crippen LogP contribution in [0.25, 0.3) is 0 Å². The number of amides is 3. The van der Waals surface area contributed by atoms with Crippen LogP contribution in [0.15, 0.2) is 103 Å². The maximum atomic E-state index is 13.5. The molecule has 0 bridgehead atoms. The predicted octanol–water partition coefficient (Wildman–Crippen LogP) is 5.34. The maximum absolute atomic E-state index is 13.5. The highest BCUT2D eigenvalue weighted by molar-refractivity contribution is 7.99. The molecule has 1 saturated heterocycles. The molecule has 1 aliphatic rings. The van der Waals surface area contributed by atoms with Gasteiger partial charge in [0, 0.05) is 30.4 Å². The highest BCUT2D eigenvalue weighted by atomic mass is 32.2. The highest BCUT2D eigenvalue weighted by Crippen LogP contribution is 2.42. The molecule has 5 rings (SSSR count). The van der Waals surface area contributed by atoms with Crippen LogP contribution >= 0.6 is 11.8 Å². The molecule has 0 aliphatic carbocycles. The molecule has 3 aromatic carbocycles. The standard InChI is InChI=1S/C33H32N4O5S/c1-41-28-12-10-23(11-13-28)20-35-30(38)19-25-8-5-9-27(18-25)36-31(39)29-22-43-32(26-14-16-34-17-15-26)37(29)33(40)42-21-24-6-3-2-4-7-24/h2-18,29,32H,19-22H2,1H3,(H,35,38)(H,36,39)/t29-,32?/m0/s1. The fourth-order valence-corrected chi connectivity index (χ4v) is 6.11. The molecule has 3 amide bonds. The summed E-state index contributed by atoms with van der Waals surface area (Å²) < 4.78 is 10.8. The third-order valence-electron chi connectivity index (χ3n) is 6.92. The number of hydrogen-bond donors (Lipinski definition) is 2. The van der Waals surface area contributed by atoms with Crippen LogP contribution in [0, 0.1) is 0 Å². The molecule has 0 radical (unpaired) electrons. The Balaban J connectivity index is 1.23. The normalized spacial score (nSPS) is 15.9. The monoisotopic (exact) mass is 596 g/mol. The number of carbonyl (C=O) groups excluding carboxylic acids is 3. The van der Waals surface area contributed by atoms with Gasteiger partial charge in [0.25, 0.3) is 0 Å². The molecule has 0 spiro atoms. The lowest BCUT2D eigenvalue weighted by atomic mass is 10.1. The van der Waals surface area contributed by atoms with Gasteiger partial charge in [-0.15, -0.1) is 11.8 Å². The zero-order chi connectivity index (χ0) is 30.0. The average molecular weight is 597 g/mol. The molecule has 1 fully saturated rings. The Kier molecular flexibility index (Phi) is 9.91. The third kappa shape index (κ3) is 7.92. The van der Waals surface area contributed by atoms with E-state index < -0.39 is 17.5 Å². The Bertz CT molecular complexity index is 1540. The number of thioether (sulfide) groups is 1. The number of aromatic nitrogens is 1. The van der Waals surface area contributed by atoms with Crippen molar-refractivity contribution in [3.63, 3.8) is 0 Å². The fraction of sp³-hybridized carbons (Fsp3) is 0.212. The van der Waals surface area contributed by atoms with Crippen molar-refractivity contribution < 1.29 is 23.9 Å². The van der Waals surface area contributed by atoms with Gasteiger partial charge in [0.2, 0.25) is 11.8 Å². The first-order valence-electron chi connectivity index (χ1n) is 13.8. The minimum absolute atomic E-state index is 0.0980. The topological polar surface area (TPSA) is 110 Å². The summed E-state index contributed by atoms with van der Waals surface area (Å²) in [6.07, 6.45) is 2.91. The molecule has 1 aromatic heterocycles. The molecule has 1 unspecified atom stereocenters. The van der Waals surface area contributed by atoms with Gasteiger partial charge in [-0.25, -0.2) is 4.79 Å². The van der Waals surface area contributed by atoms with E-state index in [2.05, 4.69) is 15.6 Å². The number of benzene rings is 3. The van der Waals surface area contributed by atoms with Crippen molar-refractivity contribution >= 4 is 35.4 Å². The molecule has 1 aliphatic heterocycles. The second-order valence-corrected chi connectivity index (χ2v) is 11.0. The number of ether oxygens (including phenoxy) is 2. The summed E-state index contributed by atoms with van der Waals surface area (Å²) in [6.45, 7) is 0.494. The SMILES string of the molecule is COc1ccc(CNC(=O)Cc2cccc(NC(=O)[C@@H]3CSC(c4ccncc4)N3C(=O)OCc3ccccc3)c2)cc1. The number of methoxy groups -OCH3 is 1. The summed E-state index contributed by atoms with van der Waals surface area (Å²) in [4.78, 5) is 45.1. The average Bonchev–Trinajstić information content (AvgIpc) is 3.50. The second kappa shape index (κ2) is 14.4. The third-order valence-corrected chi connectivity index (χ3v) is 8.24. The lowest BCUT2D eigenvalue weighted by molar-refractivity contribution is -0.121. The summed E-state index contributed by atoms with van der Waals surface area (Å²) >= 11 is 1.49. The van der Waals surface area contributed by atoms with E-state index in [0.717, 1.165) is 28.0 Å². The van der Waals surface area contributed by atoms with Crippen LogP contribution in [0.2, 0.25) is 0 Å². The first-order chi connectivity index (χ1) is 21.0. The Morgan fingerprint density at radius 1 is 0.907 bits per heavy atom. The van der Waals surface area contributed by atoms with E-state index in [0.29, 0.717) is 18.0 Å². The van der Waals surface area contributed by atoms with Crippen molar-refractivity contribution in [2.24, 2.45) is 0 Å². The van der Waals surface area contributed by atoms with Gasteiger partial charge >= 0.3 is 6.09 Å². The zero-order valence-corrected chi connectivity index (χ0v) is 24.5. The maximum Gasteiger partial charge on any atom is 0.412 e. The Morgan fingerprint density at radius 2 is 1.65 bits per heavy atom. The van der Waals surface area contributed by atoms with E-state index in [-0.39, 0.29) is 24.8 Å². The number of carbonyl (C=O) groups is 3. The zero-order valence-electron chi connectivity index (χ0n) is 23.6. The van der Waals surface area contributed by atoms with Gasteiger partial charge in [0.1, 0.15) is 23.8 Å². The number of hydrogen-bond acceptors (Lipinski definition) is 7. The Morgan fingerprint density at radius 3 is 2.40 bits per heavy atom. The van der Waals surface area contributed by atoms with E-state index in [4.69, 9.17) is 9.47 Å². The molecule has 2 atom stereocenters. The Hall–Kier alpha value is -4.83. The van der Waals surface area contributed by atoms with Crippen LogP contribution in [-0.4, -0.2) is 46.7 Å². The first kappa shape index (κ1) is 29.7. The quantitative estimate of drug-likeness (QED) is 0.254. The lowest BCUT2D eigenvalue weighted by Gasteiger charge is -2.28. The molecule has 43 heavy (non-hydrogen) atoms. The smallest absolute Gasteiger partial charge is 0.412 e. The van der Waals surface area contributed by atoms with Crippen LogP contribution < -0.4 is 15.4 Å². The number of nitrogens with one attached hydrogen (secondary N) is 2. The van der Waals surface area contributed by atoms with E-state index >= 15 is 0 Å². The molecule has 0 saturated carbocycles. The summed E-state index contributed by atoms with van der Waals surface area (Å²) in [6, 6.07) is 27.0. The van der Waals surface area contributed by atoms with Crippen molar-refractivity contribution in [1.29, 1.82) is 0 Å². The Labute approximate surface area is 254 Å². The minimum atomic E-state index is -0.761. The molecule has 2 N–H and O–H groups in total. The molecule has 4 aromatic rings. The number of anilines is 1. The van der Waals surface area contributed by atoms with E-state index in [1.54, 1.807) is 37.7 Å². The van der Waals surface area contributed by atoms with Gasteiger partial charge in [0.15, 0.2) is 0 Å². The largest absolute Gasteiger partial charge is 0.497 e. The highest BCUT2D eigenvalue weighted by Gasteiger charge is 2.43. The summed E-state index contributed by atoms with van der Waals surface area (Å²) in [5.74, 6) is 0.679. The number of nitrogens with zero attached hydrogens (tertiary/aromatic N) is 2. The molecule has 9 nitrogen and oxygen atoms in total. The molecule has 220 valence electrons. The van der Waals surface area contributed by atoms with Crippen LogP contribution in [-0.2, 0) is 33.9 Å². The van der Waals surface area contributed by atoms with Crippen molar-refractivity contribution in [2.75, 3.05) is 18.2 Å². The fourth-order valence-electron chi connectivity index (χ4n) is 4.69. The van der Waals surface area contributed by atoms with Crippen LogP contribution in [0.3, 0.4) is 0 Å². The van der Waals surface area contributed by atoms with Gasteiger partial charge in [-0.3, -0.25) is 19.5 Å². The van der Waals surface area contributed by atoms with Crippen LogP contribution in [0.5, 0.6) is 5.75 Å². The van der Waals surface area contributed by atoms with Gasteiger partial charge in [0.05, 0.1) is 13.5 Å². The van der Waals surface area contributed by atoms with Crippen LogP contribution in [0.4, 0.5) is 10.5 Å². The molecular weight excluding hydrogens is 564 g/mol. The van der Waals surface area contributed by atoms with Gasteiger partial charge in [-0.05, 0) is 58.7 Å². The lowest BCUT2D eigenvalue weighted by Crippen LogP contribution is -2.45. The molecule has 10 heteroatoms. The summed E-state index contributed by atoms with van der Waals surface area (Å²) in [7, 11) is 1.61. The van der Waals surface area contributed by atoms with Gasteiger partial charge in [-0.1, -0.05) is 54.6 Å². The van der Waals surface area contributed by atoms with E-state index in [1.165, 1.54) is 16.7 Å². The summed E-state index contributed by atoms with van der Waals surface area (Å²) in [5, 5.41) is 5.46. The van der Waals surface area contributed by atoms with Gasteiger partial charge < -0.3 is 20.1 Å². The van der Waals surface area contributed by atoms with E-state index in [1.807, 2.05) is 72.8 Å². The predicted molar refractivity (Wildman–Crippen MR) is 165 cm³/mol. The first-order valence-corrected chi connectivity index (χ1v) is 14.8. The second-order valence-electron chi connectivity index (χ2n) is 9.92. The van der Waals surface area contributed by atoms with Crippen molar-refractivity contribution in [1.82, 2.24) is 15.2 Å². The van der Waals surface area contributed by atoms with Gasteiger partial charge in [-0.2, -0.15) is 0 Å². The molecular formula is C33H32N4O5S. The van der Waals surface area contributed by atoms with Crippen molar-refractivity contribution in [3.05, 3.63) is 126 Å². The van der Waals surface area contributed by atoms with Crippen molar-refractivity contribution in [2.45, 2.75) is 31.0 Å². The summed E-state index contributed by atoms with van der Waals surface area (Å²) in [5.41, 5.74) is 3.96.